The number of rotatable bonds is 6. The lowest BCUT2D eigenvalue weighted by molar-refractivity contribution is 0.113. The number of ether oxygens (including phenoxy) is 1. The number of hydrogen-bond acceptors (Lipinski definition) is 4. The van der Waals surface area contributed by atoms with Crippen molar-refractivity contribution in [3.63, 3.8) is 0 Å². The number of aliphatic hydroxyl groups excluding tert-OH is 1. The molecule has 0 spiro atoms. The molecule has 5 nitrogen and oxygen atoms in total. The SMILES string of the molecule is CN(CC(O)COc1ccc2[nH]c(=O)ccc2c1)c1ccccc1. The van der Waals surface area contributed by atoms with E-state index in [-0.39, 0.29) is 12.2 Å². The second kappa shape index (κ2) is 7.19. The van der Waals surface area contributed by atoms with Crippen molar-refractivity contribution in [2.45, 2.75) is 6.10 Å². The Bertz CT molecular complexity index is 861. The molecule has 1 heterocycles. The van der Waals surface area contributed by atoms with E-state index in [1.165, 1.54) is 6.07 Å². The van der Waals surface area contributed by atoms with Crippen molar-refractivity contribution in [3.8, 4) is 5.75 Å². The Morgan fingerprint density at radius 2 is 1.92 bits per heavy atom. The smallest absolute Gasteiger partial charge is 0.248 e. The van der Waals surface area contributed by atoms with Crippen LogP contribution >= 0.6 is 0 Å². The summed E-state index contributed by atoms with van der Waals surface area (Å²) in [5.41, 5.74) is 1.68. The summed E-state index contributed by atoms with van der Waals surface area (Å²) in [5.74, 6) is 0.663. The lowest BCUT2D eigenvalue weighted by Crippen LogP contribution is -2.33. The minimum atomic E-state index is -0.610. The topological polar surface area (TPSA) is 65.6 Å². The Kier molecular flexibility index (Phi) is 4.82. The molecule has 124 valence electrons. The highest BCUT2D eigenvalue weighted by atomic mass is 16.5. The Morgan fingerprint density at radius 1 is 1.12 bits per heavy atom. The number of nitrogens with one attached hydrogen (secondary N) is 1. The van der Waals surface area contributed by atoms with E-state index in [2.05, 4.69) is 4.98 Å². The van der Waals surface area contributed by atoms with Gasteiger partial charge >= 0.3 is 0 Å². The van der Waals surface area contributed by atoms with Crippen LogP contribution in [0, 0.1) is 0 Å². The van der Waals surface area contributed by atoms with Crippen molar-refractivity contribution < 1.29 is 9.84 Å². The normalized spacial score (nSPS) is 12.1. The van der Waals surface area contributed by atoms with Gasteiger partial charge in [-0.15, -0.1) is 0 Å². The predicted molar refractivity (Wildman–Crippen MR) is 95.8 cm³/mol. The molecule has 2 aromatic carbocycles. The summed E-state index contributed by atoms with van der Waals surface area (Å²) in [6.45, 7) is 0.678. The summed E-state index contributed by atoms with van der Waals surface area (Å²) in [6.07, 6.45) is -0.610. The molecule has 0 aliphatic carbocycles. The average molecular weight is 324 g/mol. The molecule has 3 aromatic rings. The zero-order valence-electron chi connectivity index (χ0n) is 13.5. The van der Waals surface area contributed by atoms with E-state index in [0.717, 1.165) is 16.6 Å². The van der Waals surface area contributed by atoms with Crippen LogP contribution in [-0.2, 0) is 0 Å². The molecule has 1 aromatic heterocycles. The monoisotopic (exact) mass is 324 g/mol. The molecule has 1 unspecified atom stereocenters. The first kappa shape index (κ1) is 16.1. The summed E-state index contributed by atoms with van der Waals surface area (Å²) in [4.78, 5) is 16.0. The van der Waals surface area contributed by atoms with Crippen molar-refractivity contribution >= 4 is 16.6 Å². The van der Waals surface area contributed by atoms with Gasteiger partial charge in [0.05, 0.1) is 0 Å². The number of benzene rings is 2. The van der Waals surface area contributed by atoms with E-state index in [4.69, 9.17) is 4.74 Å². The number of aromatic nitrogens is 1. The fraction of sp³-hybridized carbons (Fsp3) is 0.211. The molecule has 0 aliphatic heterocycles. The van der Waals surface area contributed by atoms with Crippen LogP contribution in [0.2, 0.25) is 0 Å². The summed E-state index contributed by atoms with van der Waals surface area (Å²) in [5, 5.41) is 11.1. The molecule has 0 saturated carbocycles. The number of likely N-dealkylation sites (N-methyl/N-ethyl adjacent to an activating group) is 1. The van der Waals surface area contributed by atoms with Gasteiger partial charge in [-0.1, -0.05) is 18.2 Å². The van der Waals surface area contributed by atoms with Crippen LogP contribution in [0.25, 0.3) is 10.9 Å². The van der Waals surface area contributed by atoms with E-state index in [9.17, 15) is 9.90 Å². The van der Waals surface area contributed by atoms with Crippen molar-refractivity contribution in [3.05, 3.63) is 71.0 Å². The summed E-state index contributed by atoms with van der Waals surface area (Å²) in [6, 6.07) is 18.6. The van der Waals surface area contributed by atoms with Crippen LogP contribution in [0.4, 0.5) is 5.69 Å². The third-order valence-corrected chi connectivity index (χ3v) is 3.82. The molecule has 0 aliphatic rings. The molecule has 0 bridgehead atoms. The predicted octanol–water partition coefficient (Wildman–Crippen LogP) is 2.40. The van der Waals surface area contributed by atoms with Crippen LogP contribution in [0.3, 0.4) is 0 Å². The Morgan fingerprint density at radius 3 is 2.71 bits per heavy atom. The second-order valence-electron chi connectivity index (χ2n) is 5.75. The molecular weight excluding hydrogens is 304 g/mol. The maximum Gasteiger partial charge on any atom is 0.248 e. The molecular formula is C19H20N2O3. The summed E-state index contributed by atoms with van der Waals surface area (Å²) in [7, 11) is 1.94. The average Bonchev–Trinajstić information content (AvgIpc) is 2.60. The van der Waals surface area contributed by atoms with Gasteiger partial charge in [0.15, 0.2) is 0 Å². The number of aliphatic hydroxyl groups is 1. The van der Waals surface area contributed by atoms with E-state index in [0.29, 0.717) is 12.3 Å². The zero-order chi connectivity index (χ0) is 16.9. The van der Waals surface area contributed by atoms with Gasteiger partial charge in [-0.25, -0.2) is 0 Å². The first-order valence-corrected chi connectivity index (χ1v) is 7.82. The van der Waals surface area contributed by atoms with Gasteiger partial charge in [-0.2, -0.15) is 0 Å². The van der Waals surface area contributed by atoms with Crippen LogP contribution in [0.1, 0.15) is 0 Å². The molecule has 5 heteroatoms. The van der Waals surface area contributed by atoms with Gasteiger partial charge in [-0.05, 0) is 36.4 Å². The maximum atomic E-state index is 11.3. The minimum Gasteiger partial charge on any atom is -0.491 e. The highest BCUT2D eigenvalue weighted by molar-refractivity contribution is 5.79. The van der Waals surface area contributed by atoms with Gasteiger partial charge in [-0.3, -0.25) is 4.79 Å². The van der Waals surface area contributed by atoms with Gasteiger partial charge < -0.3 is 19.7 Å². The second-order valence-corrected chi connectivity index (χ2v) is 5.75. The van der Waals surface area contributed by atoms with Crippen LogP contribution in [-0.4, -0.2) is 36.4 Å². The quantitative estimate of drug-likeness (QED) is 0.731. The van der Waals surface area contributed by atoms with Crippen LogP contribution in [0.15, 0.2) is 65.5 Å². The van der Waals surface area contributed by atoms with Gasteiger partial charge in [0, 0.05) is 36.2 Å². The number of anilines is 1. The fourth-order valence-corrected chi connectivity index (χ4v) is 2.57. The largest absolute Gasteiger partial charge is 0.491 e. The highest BCUT2D eigenvalue weighted by Gasteiger charge is 2.10. The van der Waals surface area contributed by atoms with Crippen LogP contribution < -0.4 is 15.2 Å². The van der Waals surface area contributed by atoms with E-state index >= 15 is 0 Å². The van der Waals surface area contributed by atoms with Crippen LogP contribution in [0.5, 0.6) is 5.75 Å². The number of aromatic amines is 1. The van der Waals surface area contributed by atoms with Gasteiger partial charge in [0.25, 0.3) is 0 Å². The molecule has 0 radical (unpaired) electrons. The van der Waals surface area contributed by atoms with E-state index < -0.39 is 6.10 Å². The lowest BCUT2D eigenvalue weighted by Gasteiger charge is -2.22. The van der Waals surface area contributed by atoms with Crippen molar-refractivity contribution in [1.82, 2.24) is 4.98 Å². The standard InChI is InChI=1S/C19H20N2O3/c1-21(15-5-3-2-4-6-15)12-16(22)13-24-17-8-9-18-14(11-17)7-10-19(23)20-18/h2-11,16,22H,12-13H2,1H3,(H,20,23). The van der Waals surface area contributed by atoms with E-state index in [1.807, 2.05) is 48.3 Å². The highest BCUT2D eigenvalue weighted by Crippen LogP contribution is 2.18. The molecule has 0 amide bonds. The number of para-hydroxylation sites is 1. The molecule has 1 atom stereocenters. The zero-order valence-corrected chi connectivity index (χ0v) is 13.5. The first-order chi connectivity index (χ1) is 11.6. The van der Waals surface area contributed by atoms with Crippen molar-refractivity contribution in [2.24, 2.45) is 0 Å². The van der Waals surface area contributed by atoms with E-state index in [1.54, 1.807) is 18.2 Å². The Labute approximate surface area is 140 Å². The molecule has 0 fully saturated rings. The number of pyridine rings is 1. The van der Waals surface area contributed by atoms with Gasteiger partial charge in [0.2, 0.25) is 5.56 Å². The first-order valence-electron chi connectivity index (χ1n) is 7.82. The number of nitrogens with zero attached hydrogens (tertiary/aromatic N) is 1. The van der Waals surface area contributed by atoms with Crippen molar-refractivity contribution in [1.29, 1.82) is 0 Å². The third-order valence-electron chi connectivity index (χ3n) is 3.82. The Balaban J connectivity index is 1.59. The number of H-pyrrole nitrogens is 1. The van der Waals surface area contributed by atoms with Gasteiger partial charge in [0.1, 0.15) is 18.5 Å². The fourth-order valence-electron chi connectivity index (χ4n) is 2.57. The summed E-state index contributed by atoms with van der Waals surface area (Å²) < 4.78 is 5.67. The Hall–Kier alpha value is -2.79. The molecule has 0 saturated heterocycles. The summed E-state index contributed by atoms with van der Waals surface area (Å²) >= 11 is 0. The molecule has 24 heavy (non-hydrogen) atoms. The molecule has 2 N–H and O–H groups in total. The lowest BCUT2D eigenvalue weighted by atomic mass is 10.2. The maximum absolute atomic E-state index is 11.3. The number of hydrogen-bond donors (Lipinski definition) is 2. The van der Waals surface area contributed by atoms with Crippen molar-refractivity contribution in [2.75, 3.05) is 25.1 Å². The number of fused-ring (bicyclic) bond motifs is 1. The molecule has 3 rings (SSSR count). The third kappa shape index (κ3) is 3.94. The minimum absolute atomic E-state index is 0.129.